The van der Waals surface area contributed by atoms with Crippen LogP contribution in [0.2, 0.25) is 0 Å². The molecule has 0 aliphatic heterocycles. The zero-order chi connectivity index (χ0) is 18.6. The first-order valence-electron chi connectivity index (χ1n) is 6.61. The molecular formula is C16H9Br2F2NO3S. The quantitative estimate of drug-likeness (QED) is 0.541. The molecule has 9 heteroatoms. The second kappa shape index (κ2) is 8.08. The fraction of sp³-hybridized carbons (Fsp3) is 0.0625. The van der Waals surface area contributed by atoms with Crippen LogP contribution in [0.1, 0.15) is 5.56 Å². The third-order valence-corrected chi connectivity index (χ3v) is 6.14. The molecule has 0 saturated heterocycles. The summed E-state index contributed by atoms with van der Waals surface area (Å²) in [6.45, 7) is -2.95. The lowest BCUT2D eigenvalue weighted by atomic mass is 10.2. The van der Waals surface area contributed by atoms with Gasteiger partial charge < -0.3 is 4.74 Å². The van der Waals surface area contributed by atoms with Gasteiger partial charge in [-0.05, 0) is 57.9 Å². The van der Waals surface area contributed by atoms with E-state index in [0.717, 1.165) is 6.08 Å². The van der Waals surface area contributed by atoms with Crippen LogP contribution in [0.3, 0.4) is 0 Å². The minimum Gasteiger partial charge on any atom is -0.435 e. The SMILES string of the molecule is N#C/C(=C\c1ccc(OC(F)F)cc1)S(=O)(=O)c1cc(Br)ccc1Br. The van der Waals surface area contributed by atoms with Crippen LogP contribution in [-0.4, -0.2) is 15.0 Å². The summed E-state index contributed by atoms with van der Waals surface area (Å²) in [5.74, 6) is -0.0664. The average molecular weight is 493 g/mol. The van der Waals surface area contributed by atoms with Gasteiger partial charge in [0.15, 0.2) is 0 Å². The number of allylic oxidation sites excluding steroid dienone is 1. The lowest BCUT2D eigenvalue weighted by Gasteiger charge is -2.07. The number of hydrogen-bond donors (Lipinski definition) is 0. The molecule has 0 fully saturated rings. The van der Waals surface area contributed by atoms with Crippen molar-refractivity contribution in [3.8, 4) is 11.8 Å². The second-order valence-electron chi connectivity index (χ2n) is 4.65. The number of nitriles is 1. The van der Waals surface area contributed by atoms with Crippen molar-refractivity contribution >= 4 is 47.8 Å². The molecule has 2 aromatic carbocycles. The van der Waals surface area contributed by atoms with Crippen molar-refractivity contribution in [3.05, 3.63) is 61.9 Å². The van der Waals surface area contributed by atoms with E-state index >= 15 is 0 Å². The van der Waals surface area contributed by atoms with E-state index in [2.05, 4.69) is 36.6 Å². The number of benzene rings is 2. The van der Waals surface area contributed by atoms with Gasteiger partial charge in [0.25, 0.3) is 0 Å². The number of ether oxygens (including phenoxy) is 1. The van der Waals surface area contributed by atoms with Crippen molar-refractivity contribution in [2.75, 3.05) is 0 Å². The molecule has 25 heavy (non-hydrogen) atoms. The summed E-state index contributed by atoms with van der Waals surface area (Å²) in [4.78, 5) is -0.541. The van der Waals surface area contributed by atoms with Crippen LogP contribution in [-0.2, 0) is 9.84 Å². The predicted octanol–water partition coefficient (Wildman–Crippen LogP) is 5.15. The molecule has 0 amide bonds. The molecule has 4 nitrogen and oxygen atoms in total. The Morgan fingerprint density at radius 3 is 2.36 bits per heavy atom. The number of halogens is 4. The van der Waals surface area contributed by atoms with Crippen LogP contribution in [0.25, 0.3) is 6.08 Å². The standard InChI is InChI=1S/C16H9Br2F2NO3S/c17-11-3-6-14(18)15(8-11)25(22,23)13(9-21)7-10-1-4-12(5-2-10)24-16(19)20/h1-8,16H/b13-7+. The molecule has 0 aliphatic rings. The van der Waals surface area contributed by atoms with Gasteiger partial charge in [-0.15, -0.1) is 0 Å². The maximum Gasteiger partial charge on any atom is 0.387 e. The highest BCUT2D eigenvalue weighted by Gasteiger charge is 2.23. The molecule has 0 atom stereocenters. The van der Waals surface area contributed by atoms with Crippen LogP contribution < -0.4 is 4.74 Å². The highest BCUT2D eigenvalue weighted by Crippen LogP contribution is 2.30. The fourth-order valence-electron chi connectivity index (χ4n) is 1.87. The molecule has 0 aromatic heterocycles. The van der Waals surface area contributed by atoms with E-state index in [1.165, 1.54) is 30.3 Å². The largest absolute Gasteiger partial charge is 0.435 e. The van der Waals surface area contributed by atoms with Crippen LogP contribution in [0.5, 0.6) is 5.75 Å². The summed E-state index contributed by atoms with van der Waals surface area (Å²) in [6.07, 6.45) is 1.16. The zero-order valence-corrected chi connectivity index (χ0v) is 16.3. The minimum absolute atomic E-state index is 0.0627. The van der Waals surface area contributed by atoms with E-state index in [4.69, 9.17) is 0 Å². The Kier molecular flexibility index (Phi) is 6.32. The first kappa shape index (κ1) is 19.6. The normalized spacial score (nSPS) is 12.1. The van der Waals surface area contributed by atoms with Gasteiger partial charge >= 0.3 is 6.61 Å². The van der Waals surface area contributed by atoms with Crippen molar-refractivity contribution in [1.82, 2.24) is 0 Å². The minimum atomic E-state index is -4.06. The molecule has 0 N–H and O–H groups in total. The predicted molar refractivity (Wildman–Crippen MR) is 95.7 cm³/mol. The van der Waals surface area contributed by atoms with Gasteiger partial charge in [0.1, 0.15) is 16.7 Å². The highest BCUT2D eigenvalue weighted by molar-refractivity contribution is 9.11. The molecule has 0 unspecified atom stereocenters. The topological polar surface area (TPSA) is 67.2 Å². The van der Waals surface area contributed by atoms with Crippen molar-refractivity contribution in [1.29, 1.82) is 5.26 Å². The Morgan fingerprint density at radius 1 is 1.16 bits per heavy atom. The molecule has 2 aromatic rings. The molecular weight excluding hydrogens is 484 g/mol. The summed E-state index contributed by atoms with van der Waals surface area (Å²) in [5, 5.41) is 9.27. The molecule has 0 aliphatic carbocycles. The molecule has 0 radical (unpaired) electrons. The lowest BCUT2D eigenvalue weighted by molar-refractivity contribution is -0.0498. The summed E-state index contributed by atoms with van der Waals surface area (Å²) < 4.78 is 54.7. The summed E-state index contributed by atoms with van der Waals surface area (Å²) in [5.41, 5.74) is 0.355. The Bertz CT molecular complexity index is 952. The van der Waals surface area contributed by atoms with E-state index < -0.39 is 21.4 Å². The third-order valence-electron chi connectivity index (χ3n) is 2.99. The van der Waals surface area contributed by atoms with E-state index in [-0.39, 0.29) is 10.6 Å². The van der Waals surface area contributed by atoms with Crippen molar-refractivity contribution in [2.24, 2.45) is 0 Å². The van der Waals surface area contributed by atoms with Crippen LogP contribution in [0, 0.1) is 11.3 Å². The Labute approximate surface area is 159 Å². The van der Waals surface area contributed by atoms with Gasteiger partial charge in [0.2, 0.25) is 9.84 Å². The second-order valence-corrected chi connectivity index (χ2v) is 8.30. The average Bonchev–Trinajstić information content (AvgIpc) is 2.55. The first-order chi connectivity index (χ1) is 11.7. The van der Waals surface area contributed by atoms with E-state index in [0.29, 0.717) is 14.5 Å². The van der Waals surface area contributed by atoms with Gasteiger partial charge in [-0.3, -0.25) is 0 Å². The van der Waals surface area contributed by atoms with Gasteiger partial charge in [0.05, 0.1) is 4.90 Å². The van der Waals surface area contributed by atoms with Crippen molar-refractivity contribution < 1.29 is 21.9 Å². The highest BCUT2D eigenvalue weighted by atomic mass is 79.9. The molecule has 130 valence electrons. The maximum absolute atomic E-state index is 12.7. The van der Waals surface area contributed by atoms with E-state index in [9.17, 15) is 22.5 Å². The molecule has 0 bridgehead atoms. The fourth-order valence-corrected chi connectivity index (χ4v) is 4.52. The van der Waals surface area contributed by atoms with Gasteiger partial charge in [0, 0.05) is 8.95 Å². The Balaban J connectivity index is 2.43. The summed E-state index contributed by atoms with van der Waals surface area (Å²) >= 11 is 6.35. The van der Waals surface area contributed by atoms with Crippen LogP contribution >= 0.6 is 31.9 Å². The Morgan fingerprint density at radius 2 is 1.80 bits per heavy atom. The monoisotopic (exact) mass is 491 g/mol. The maximum atomic E-state index is 12.7. The zero-order valence-electron chi connectivity index (χ0n) is 12.3. The van der Waals surface area contributed by atoms with Gasteiger partial charge in [-0.1, -0.05) is 28.1 Å². The molecule has 0 saturated carbocycles. The lowest BCUT2D eigenvalue weighted by Crippen LogP contribution is -2.05. The van der Waals surface area contributed by atoms with Gasteiger partial charge in [-0.2, -0.15) is 14.0 Å². The number of nitrogens with zero attached hydrogens (tertiary/aromatic N) is 1. The van der Waals surface area contributed by atoms with Crippen molar-refractivity contribution in [3.63, 3.8) is 0 Å². The van der Waals surface area contributed by atoms with Crippen LogP contribution in [0.4, 0.5) is 8.78 Å². The van der Waals surface area contributed by atoms with Gasteiger partial charge in [-0.25, -0.2) is 8.42 Å². The van der Waals surface area contributed by atoms with Crippen LogP contribution in [0.15, 0.2) is 61.2 Å². The number of alkyl halides is 2. The van der Waals surface area contributed by atoms with E-state index in [1.807, 2.05) is 0 Å². The van der Waals surface area contributed by atoms with E-state index in [1.54, 1.807) is 18.2 Å². The molecule has 0 spiro atoms. The smallest absolute Gasteiger partial charge is 0.387 e. The Hall–Kier alpha value is -1.76. The first-order valence-corrected chi connectivity index (χ1v) is 9.68. The molecule has 2 rings (SSSR count). The number of sulfone groups is 1. The summed E-state index contributed by atoms with van der Waals surface area (Å²) in [6, 6.07) is 11.5. The third kappa shape index (κ3) is 4.87. The molecule has 0 heterocycles. The van der Waals surface area contributed by atoms with Crippen molar-refractivity contribution in [2.45, 2.75) is 11.5 Å². The summed E-state index contributed by atoms with van der Waals surface area (Å²) in [7, 11) is -4.06. The number of rotatable bonds is 5. The number of hydrogen-bond acceptors (Lipinski definition) is 4.